The molecule has 0 aromatic heterocycles. The molecule has 0 atom stereocenters. The number of hydrogen-bond donors (Lipinski definition) is 0. The summed E-state index contributed by atoms with van der Waals surface area (Å²) < 4.78 is 5.02. The maximum absolute atomic E-state index is 11.7. The Morgan fingerprint density at radius 1 is 1.39 bits per heavy atom. The number of esters is 1. The molecule has 0 aliphatic carbocycles. The molecule has 6 heteroatoms. The standard InChI is InChI=1S/C12H13NO5/c1-12(2,3)11(15)18-10-6-9(13(16)17)5-4-8(10)7-14/h4-7H,1-3H3. The van der Waals surface area contributed by atoms with Crippen LogP contribution in [0.25, 0.3) is 0 Å². The third-order valence-corrected chi connectivity index (χ3v) is 2.15. The summed E-state index contributed by atoms with van der Waals surface area (Å²) in [5.74, 6) is -0.662. The lowest BCUT2D eigenvalue weighted by atomic mass is 9.97. The van der Waals surface area contributed by atoms with Crippen LogP contribution in [0.1, 0.15) is 31.1 Å². The van der Waals surface area contributed by atoms with Crippen LogP contribution in [0.4, 0.5) is 5.69 Å². The Hall–Kier alpha value is -2.24. The molecule has 0 unspecified atom stereocenters. The highest BCUT2D eigenvalue weighted by atomic mass is 16.6. The molecule has 0 saturated carbocycles. The minimum Gasteiger partial charge on any atom is -0.425 e. The molecule has 0 heterocycles. The Bertz CT molecular complexity index is 502. The lowest BCUT2D eigenvalue weighted by Crippen LogP contribution is -2.26. The van der Waals surface area contributed by atoms with Gasteiger partial charge in [0.1, 0.15) is 5.75 Å². The van der Waals surface area contributed by atoms with Crippen molar-refractivity contribution in [3.8, 4) is 5.75 Å². The van der Waals surface area contributed by atoms with Crippen molar-refractivity contribution in [2.75, 3.05) is 0 Å². The third kappa shape index (κ3) is 3.13. The maximum Gasteiger partial charge on any atom is 0.316 e. The van der Waals surface area contributed by atoms with Gasteiger partial charge in [-0.05, 0) is 26.8 Å². The van der Waals surface area contributed by atoms with Gasteiger partial charge in [0.15, 0.2) is 6.29 Å². The number of rotatable bonds is 3. The zero-order chi connectivity index (χ0) is 13.9. The summed E-state index contributed by atoms with van der Waals surface area (Å²) >= 11 is 0. The summed E-state index contributed by atoms with van der Waals surface area (Å²) in [4.78, 5) is 32.4. The number of ether oxygens (including phenoxy) is 1. The van der Waals surface area contributed by atoms with Crippen molar-refractivity contribution in [1.82, 2.24) is 0 Å². The van der Waals surface area contributed by atoms with Crippen molar-refractivity contribution in [3.05, 3.63) is 33.9 Å². The third-order valence-electron chi connectivity index (χ3n) is 2.15. The largest absolute Gasteiger partial charge is 0.425 e. The monoisotopic (exact) mass is 251 g/mol. The van der Waals surface area contributed by atoms with Gasteiger partial charge in [-0.15, -0.1) is 0 Å². The predicted molar refractivity (Wildman–Crippen MR) is 63.6 cm³/mol. The number of hydrogen-bond acceptors (Lipinski definition) is 5. The summed E-state index contributed by atoms with van der Waals surface area (Å²) in [5.41, 5.74) is -0.902. The first-order valence-corrected chi connectivity index (χ1v) is 5.21. The van der Waals surface area contributed by atoms with Gasteiger partial charge in [0.25, 0.3) is 5.69 Å². The van der Waals surface area contributed by atoms with Gasteiger partial charge in [-0.3, -0.25) is 19.7 Å². The summed E-state index contributed by atoms with van der Waals surface area (Å²) in [6.07, 6.45) is 0.481. The van der Waals surface area contributed by atoms with Crippen molar-refractivity contribution in [1.29, 1.82) is 0 Å². The molecule has 18 heavy (non-hydrogen) atoms. The molecule has 0 saturated heterocycles. The quantitative estimate of drug-likeness (QED) is 0.270. The number of nitrogens with zero attached hydrogens (tertiary/aromatic N) is 1. The molecule has 0 spiro atoms. The number of nitro benzene ring substituents is 1. The summed E-state index contributed by atoms with van der Waals surface area (Å²) in [6, 6.07) is 3.49. The zero-order valence-corrected chi connectivity index (χ0v) is 10.3. The second-order valence-corrected chi connectivity index (χ2v) is 4.74. The average molecular weight is 251 g/mol. The molecule has 1 aromatic carbocycles. The Balaban J connectivity index is 3.13. The molecule has 0 bridgehead atoms. The van der Waals surface area contributed by atoms with E-state index in [0.717, 1.165) is 6.07 Å². The molecule has 0 fully saturated rings. The van der Waals surface area contributed by atoms with Crippen LogP contribution < -0.4 is 4.74 Å². The van der Waals surface area contributed by atoms with Crippen LogP contribution >= 0.6 is 0 Å². The average Bonchev–Trinajstić information content (AvgIpc) is 2.27. The van der Waals surface area contributed by atoms with Gasteiger partial charge in [0.05, 0.1) is 22.0 Å². The summed E-state index contributed by atoms with van der Waals surface area (Å²) in [5, 5.41) is 10.6. The van der Waals surface area contributed by atoms with E-state index in [9.17, 15) is 19.7 Å². The molecular formula is C12H13NO5. The number of benzene rings is 1. The van der Waals surface area contributed by atoms with Crippen LogP contribution in [-0.4, -0.2) is 17.2 Å². The Morgan fingerprint density at radius 2 is 2.00 bits per heavy atom. The molecule has 0 amide bonds. The molecule has 1 aromatic rings. The van der Waals surface area contributed by atoms with Gasteiger partial charge in [0.2, 0.25) is 0 Å². The van der Waals surface area contributed by atoms with E-state index >= 15 is 0 Å². The van der Waals surface area contributed by atoms with E-state index in [4.69, 9.17) is 4.74 Å². The van der Waals surface area contributed by atoms with Gasteiger partial charge in [-0.1, -0.05) is 0 Å². The van der Waals surface area contributed by atoms with E-state index in [2.05, 4.69) is 0 Å². The fraction of sp³-hybridized carbons (Fsp3) is 0.333. The molecule has 0 radical (unpaired) electrons. The fourth-order valence-electron chi connectivity index (χ4n) is 1.08. The minimum atomic E-state index is -0.759. The maximum atomic E-state index is 11.7. The molecule has 6 nitrogen and oxygen atoms in total. The lowest BCUT2D eigenvalue weighted by Gasteiger charge is -2.16. The minimum absolute atomic E-state index is 0.0956. The molecular weight excluding hydrogens is 238 g/mol. The zero-order valence-electron chi connectivity index (χ0n) is 10.3. The van der Waals surface area contributed by atoms with Crippen molar-refractivity contribution >= 4 is 17.9 Å². The molecule has 0 aliphatic rings. The highest BCUT2D eigenvalue weighted by molar-refractivity contribution is 5.84. The van der Waals surface area contributed by atoms with Crippen molar-refractivity contribution in [3.63, 3.8) is 0 Å². The molecule has 96 valence electrons. The molecule has 0 aliphatic heterocycles. The SMILES string of the molecule is CC(C)(C)C(=O)Oc1cc([N+](=O)[O-])ccc1C=O. The van der Waals surface area contributed by atoms with Gasteiger partial charge in [0, 0.05) is 6.07 Å². The van der Waals surface area contributed by atoms with Gasteiger partial charge in [-0.2, -0.15) is 0 Å². The van der Waals surface area contributed by atoms with Crippen molar-refractivity contribution in [2.45, 2.75) is 20.8 Å². The molecule has 0 N–H and O–H groups in total. The van der Waals surface area contributed by atoms with Gasteiger partial charge < -0.3 is 4.74 Å². The first-order chi connectivity index (χ1) is 8.25. The van der Waals surface area contributed by atoms with Crippen LogP contribution in [-0.2, 0) is 4.79 Å². The topological polar surface area (TPSA) is 86.5 Å². The Kier molecular flexibility index (Phi) is 3.80. The van der Waals surface area contributed by atoms with Crippen LogP contribution in [0.2, 0.25) is 0 Å². The van der Waals surface area contributed by atoms with E-state index in [1.54, 1.807) is 20.8 Å². The van der Waals surface area contributed by atoms with E-state index < -0.39 is 16.3 Å². The second-order valence-electron chi connectivity index (χ2n) is 4.74. The first-order valence-electron chi connectivity index (χ1n) is 5.21. The molecule has 1 rings (SSSR count). The fourth-order valence-corrected chi connectivity index (χ4v) is 1.08. The summed E-state index contributed by atoms with van der Waals surface area (Å²) in [7, 11) is 0. The second kappa shape index (κ2) is 4.95. The van der Waals surface area contributed by atoms with Crippen molar-refractivity contribution < 1.29 is 19.2 Å². The highest BCUT2D eigenvalue weighted by Gasteiger charge is 2.25. The summed E-state index contributed by atoms with van der Waals surface area (Å²) in [6.45, 7) is 4.94. The Morgan fingerprint density at radius 3 is 2.44 bits per heavy atom. The van der Waals surface area contributed by atoms with E-state index in [1.807, 2.05) is 0 Å². The normalized spacial score (nSPS) is 10.8. The van der Waals surface area contributed by atoms with E-state index in [-0.39, 0.29) is 17.0 Å². The number of carbonyl (C=O) groups is 2. The number of carbonyl (C=O) groups excluding carboxylic acids is 2. The number of non-ortho nitro benzene ring substituents is 1. The van der Waals surface area contributed by atoms with Gasteiger partial charge in [-0.25, -0.2) is 0 Å². The van der Waals surface area contributed by atoms with Crippen LogP contribution in [0.15, 0.2) is 18.2 Å². The van der Waals surface area contributed by atoms with E-state index in [0.29, 0.717) is 6.29 Å². The first kappa shape index (κ1) is 13.8. The highest BCUT2D eigenvalue weighted by Crippen LogP contribution is 2.26. The Labute approximate surface area is 104 Å². The van der Waals surface area contributed by atoms with E-state index in [1.165, 1.54) is 12.1 Å². The van der Waals surface area contributed by atoms with Crippen LogP contribution in [0.5, 0.6) is 5.75 Å². The lowest BCUT2D eigenvalue weighted by molar-refractivity contribution is -0.384. The number of aldehydes is 1. The number of nitro groups is 1. The van der Waals surface area contributed by atoms with Crippen molar-refractivity contribution in [2.24, 2.45) is 5.41 Å². The van der Waals surface area contributed by atoms with Crippen LogP contribution in [0, 0.1) is 15.5 Å². The smallest absolute Gasteiger partial charge is 0.316 e. The van der Waals surface area contributed by atoms with Crippen LogP contribution in [0.3, 0.4) is 0 Å². The predicted octanol–water partition coefficient (Wildman–Crippen LogP) is 2.36. The van der Waals surface area contributed by atoms with Gasteiger partial charge >= 0.3 is 5.97 Å².